The second kappa shape index (κ2) is 6.13. The number of aliphatic hydroxyl groups is 1. The van der Waals surface area contributed by atoms with Gasteiger partial charge in [0.25, 0.3) is 0 Å². The molecule has 0 spiro atoms. The van der Waals surface area contributed by atoms with Gasteiger partial charge in [-0.15, -0.1) is 0 Å². The molecule has 5 nitrogen and oxygen atoms in total. The first-order chi connectivity index (χ1) is 9.56. The third-order valence-corrected chi connectivity index (χ3v) is 3.70. The highest BCUT2D eigenvalue weighted by molar-refractivity contribution is 5.73. The third kappa shape index (κ3) is 2.88. The number of aliphatic hydroxyl groups excluding tert-OH is 1. The molecule has 1 amide bonds. The van der Waals surface area contributed by atoms with E-state index in [1.807, 2.05) is 6.07 Å². The molecule has 110 valence electrons. The Morgan fingerprint density at radius 2 is 1.95 bits per heavy atom. The molecule has 2 atom stereocenters. The molecule has 1 aromatic carbocycles. The highest BCUT2D eigenvalue weighted by Gasteiger charge is 2.28. The average molecular weight is 279 g/mol. The lowest BCUT2D eigenvalue weighted by molar-refractivity contribution is -0.120. The number of benzene rings is 1. The van der Waals surface area contributed by atoms with Crippen molar-refractivity contribution in [1.29, 1.82) is 0 Å². The molecule has 0 saturated carbocycles. The first kappa shape index (κ1) is 14.7. The zero-order valence-electron chi connectivity index (χ0n) is 12.1. The lowest BCUT2D eigenvalue weighted by atomic mass is 9.98. The van der Waals surface area contributed by atoms with Crippen LogP contribution in [0, 0.1) is 0 Å². The lowest BCUT2D eigenvalue weighted by Gasteiger charge is -2.23. The molecule has 2 rings (SSSR count). The van der Waals surface area contributed by atoms with Crippen LogP contribution in [-0.2, 0) is 11.2 Å². The summed E-state index contributed by atoms with van der Waals surface area (Å²) < 4.78 is 10.6. The van der Waals surface area contributed by atoms with E-state index in [0.717, 1.165) is 30.4 Å². The van der Waals surface area contributed by atoms with Gasteiger partial charge in [0.05, 0.1) is 26.4 Å². The summed E-state index contributed by atoms with van der Waals surface area (Å²) in [6.45, 7) is 1.47. The standard InChI is InChI=1S/C15H21NO4/c1-9(17)16-12-6-4-5-10-7-13(19-2)14(20-3)8-11(10)15(12)18/h7-8,12,15,18H,4-6H2,1-3H3,(H,16,17)/t12-,15-/m0/s1. The van der Waals surface area contributed by atoms with Crippen molar-refractivity contribution in [3.8, 4) is 11.5 Å². The van der Waals surface area contributed by atoms with Gasteiger partial charge in [-0.1, -0.05) is 0 Å². The quantitative estimate of drug-likeness (QED) is 0.824. The number of aryl methyl sites for hydroxylation is 1. The maximum atomic E-state index is 11.2. The van der Waals surface area contributed by atoms with Crippen LogP contribution in [-0.4, -0.2) is 31.3 Å². The normalized spacial score (nSPS) is 21.6. The van der Waals surface area contributed by atoms with Crippen molar-refractivity contribution in [3.63, 3.8) is 0 Å². The Labute approximate surface area is 118 Å². The Balaban J connectivity index is 2.39. The largest absolute Gasteiger partial charge is 0.493 e. The summed E-state index contributed by atoms with van der Waals surface area (Å²) in [5.41, 5.74) is 1.85. The van der Waals surface area contributed by atoms with Crippen LogP contribution in [0.2, 0.25) is 0 Å². The van der Waals surface area contributed by atoms with Gasteiger partial charge in [0, 0.05) is 6.92 Å². The van der Waals surface area contributed by atoms with E-state index in [1.54, 1.807) is 20.3 Å². The second-order valence-corrected chi connectivity index (χ2v) is 5.05. The van der Waals surface area contributed by atoms with Gasteiger partial charge in [0.15, 0.2) is 11.5 Å². The number of carbonyl (C=O) groups is 1. The number of amides is 1. The van der Waals surface area contributed by atoms with E-state index in [-0.39, 0.29) is 11.9 Å². The summed E-state index contributed by atoms with van der Waals surface area (Å²) in [5, 5.41) is 13.3. The van der Waals surface area contributed by atoms with Crippen LogP contribution < -0.4 is 14.8 Å². The molecule has 0 aliphatic heterocycles. The van der Waals surface area contributed by atoms with Crippen molar-refractivity contribution in [2.75, 3.05) is 14.2 Å². The number of fused-ring (bicyclic) bond motifs is 1. The summed E-state index contributed by atoms with van der Waals surface area (Å²) in [7, 11) is 3.16. The van der Waals surface area contributed by atoms with Crippen LogP contribution in [0.5, 0.6) is 11.5 Å². The van der Waals surface area contributed by atoms with E-state index in [0.29, 0.717) is 11.5 Å². The number of ether oxygens (including phenoxy) is 2. The number of rotatable bonds is 3. The molecule has 20 heavy (non-hydrogen) atoms. The molecule has 2 N–H and O–H groups in total. The zero-order valence-corrected chi connectivity index (χ0v) is 12.1. The van der Waals surface area contributed by atoms with Crippen LogP contribution >= 0.6 is 0 Å². The Kier molecular flexibility index (Phi) is 4.49. The number of hydrogen-bond donors (Lipinski definition) is 2. The van der Waals surface area contributed by atoms with Gasteiger partial charge in [0.2, 0.25) is 5.91 Å². The minimum absolute atomic E-state index is 0.127. The van der Waals surface area contributed by atoms with Gasteiger partial charge in [-0.3, -0.25) is 4.79 Å². The van der Waals surface area contributed by atoms with E-state index >= 15 is 0 Å². The van der Waals surface area contributed by atoms with Gasteiger partial charge in [-0.2, -0.15) is 0 Å². The fourth-order valence-corrected chi connectivity index (χ4v) is 2.73. The van der Waals surface area contributed by atoms with Crippen molar-refractivity contribution in [1.82, 2.24) is 5.32 Å². The summed E-state index contributed by atoms with van der Waals surface area (Å²) in [5.74, 6) is 1.13. The molecular formula is C15H21NO4. The molecule has 0 saturated heterocycles. The fraction of sp³-hybridized carbons (Fsp3) is 0.533. The van der Waals surface area contributed by atoms with Gasteiger partial charge in [-0.05, 0) is 42.5 Å². The summed E-state index contributed by atoms with van der Waals surface area (Å²) in [6, 6.07) is 3.46. The Bertz CT molecular complexity index is 501. The van der Waals surface area contributed by atoms with Crippen LogP contribution in [0.15, 0.2) is 12.1 Å². The highest BCUT2D eigenvalue weighted by atomic mass is 16.5. The lowest BCUT2D eigenvalue weighted by Crippen LogP contribution is -2.37. The zero-order chi connectivity index (χ0) is 14.7. The molecule has 0 radical (unpaired) electrons. The van der Waals surface area contributed by atoms with Crippen molar-refractivity contribution in [2.45, 2.75) is 38.3 Å². The van der Waals surface area contributed by atoms with Crippen molar-refractivity contribution < 1.29 is 19.4 Å². The van der Waals surface area contributed by atoms with E-state index in [4.69, 9.17) is 9.47 Å². The second-order valence-electron chi connectivity index (χ2n) is 5.05. The first-order valence-electron chi connectivity index (χ1n) is 6.76. The first-order valence-corrected chi connectivity index (χ1v) is 6.76. The van der Waals surface area contributed by atoms with Crippen LogP contribution in [0.3, 0.4) is 0 Å². The van der Waals surface area contributed by atoms with E-state index in [9.17, 15) is 9.90 Å². The Hall–Kier alpha value is -1.75. The van der Waals surface area contributed by atoms with Crippen LogP contribution in [0.25, 0.3) is 0 Å². The molecule has 5 heteroatoms. The van der Waals surface area contributed by atoms with Crippen LogP contribution in [0.1, 0.15) is 37.0 Å². The molecule has 0 fully saturated rings. The molecular weight excluding hydrogens is 258 g/mol. The van der Waals surface area contributed by atoms with Gasteiger partial charge < -0.3 is 19.9 Å². The molecule has 1 aliphatic rings. The third-order valence-electron chi connectivity index (χ3n) is 3.70. The van der Waals surface area contributed by atoms with E-state index < -0.39 is 6.10 Å². The molecule has 1 aromatic rings. The predicted octanol–water partition coefficient (Wildman–Crippen LogP) is 1.58. The number of nitrogens with one attached hydrogen (secondary N) is 1. The average Bonchev–Trinajstić information content (AvgIpc) is 2.57. The maximum Gasteiger partial charge on any atom is 0.217 e. The molecule has 0 aromatic heterocycles. The van der Waals surface area contributed by atoms with Crippen LogP contribution in [0.4, 0.5) is 0 Å². The minimum atomic E-state index is -0.726. The Morgan fingerprint density at radius 1 is 1.30 bits per heavy atom. The van der Waals surface area contributed by atoms with Crippen molar-refractivity contribution >= 4 is 5.91 Å². The SMILES string of the molecule is COc1cc2c(cc1OC)[C@H](O)[C@@H](NC(C)=O)CCC2. The molecule has 1 aliphatic carbocycles. The molecule has 0 bridgehead atoms. The molecule has 0 heterocycles. The van der Waals surface area contributed by atoms with Gasteiger partial charge in [-0.25, -0.2) is 0 Å². The highest BCUT2D eigenvalue weighted by Crippen LogP contribution is 2.37. The number of carbonyl (C=O) groups excluding carboxylic acids is 1. The van der Waals surface area contributed by atoms with E-state index in [2.05, 4.69) is 5.32 Å². The molecule has 0 unspecified atom stereocenters. The summed E-state index contributed by atoms with van der Waals surface area (Å²) >= 11 is 0. The Morgan fingerprint density at radius 3 is 2.55 bits per heavy atom. The number of hydrogen-bond acceptors (Lipinski definition) is 4. The van der Waals surface area contributed by atoms with E-state index in [1.165, 1.54) is 6.92 Å². The smallest absolute Gasteiger partial charge is 0.217 e. The predicted molar refractivity (Wildman–Crippen MR) is 75.0 cm³/mol. The van der Waals surface area contributed by atoms with Crippen molar-refractivity contribution in [3.05, 3.63) is 23.3 Å². The van der Waals surface area contributed by atoms with Gasteiger partial charge >= 0.3 is 0 Å². The van der Waals surface area contributed by atoms with Gasteiger partial charge in [0.1, 0.15) is 0 Å². The monoisotopic (exact) mass is 279 g/mol. The summed E-state index contributed by atoms with van der Waals surface area (Å²) in [6.07, 6.45) is 1.78. The summed E-state index contributed by atoms with van der Waals surface area (Å²) in [4.78, 5) is 11.2. The topological polar surface area (TPSA) is 67.8 Å². The van der Waals surface area contributed by atoms with Crippen molar-refractivity contribution in [2.24, 2.45) is 0 Å². The minimum Gasteiger partial charge on any atom is -0.493 e. The fourth-order valence-electron chi connectivity index (χ4n) is 2.73. The maximum absolute atomic E-state index is 11.2. The number of methoxy groups -OCH3 is 2.